The van der Waals surface area contributed by atoms with E-state index in [9.17, 15) is 5.11 Å². The number of phenolic OH excluding ortho intramolecular Hbond substituents is 1. The molecule has 0 aromatic heterocycles. The van der Waals surface area contributed by atoms with Crippen LogP contribution in [0.15, 0.2) is 53.4 Å². The number of thioether (sulfide) groups is 1. The molecule has 0 fully saturated rings. The van der Waals surface area contributed by atoms with Gasteiger partial charge in [0.25, 0.3) is 0 Å². The molecule has 2 atom stereocenters. The first-order chi connectivity index (χ1) is 9.74. The standard InChI is InChI=1S/C17H19NOS/c1-12(13-5-4-6-14(19)11-13)18-16-9-10-20-17-8-3-2-7-15(16)17/h2-8,11-12,16,18-19H,9-10H2,1H3. The Morgan fingerprint density at radius 3 is 2.90 bits per heavy atom. The molecule has 1 heterocycles. The fraction of sp³-hybridized carbons (Fsp3) is 0.294. The number of benzene rings is 2. The highest BCUT2D eigenvalue weighted by molar-refractivity contribution is 7.99. The van der Waals surface area contributed by atoms with E-state index in [0.29, 0.717) is 11.8 Å². The Balaban J connectivity index is 1.79. The lowest BCUT2D eigenvalue weighted by Gasteiger charge is -2.29. The topological polar surface area (TPSA) is 32.3 Å². The van der Waals surface area contributed by atoms with Crippen LogP contribution in [0.25, 0.3) is 0 Å². The number of hydrogen-bond acceptors (Lipinski definition) is 3. The summed E-state index contributed by atoms with van der Waals surface area (Å²) in [6, 6.07) is 16.7. The van der Waals surface area contributed by atoms with Crippen LogP contribution in [0.5, 0.6) is 5.75 Å². The Morgan fingerprint density at radius 1 is 1.20 bits per heavy atom. The largest absolute Gasteiger partial charge is 0.508 e. The Bertz CT molecular complexity index is 599. The smallest absolute Gasteiger partial charge is 0.115 e. The number of rotatable bonds is 3. The van der Waals surface area contributed by atoms with Gasteiger partial charge in [0.1, 0.15) is 5.75 Å². The molecule has 1 aliphatic heterocycles. The molecule has 0 spiro atoms. The molecule has 0 aliphatic carbocycles. The van der Waals surface area contributed by atoms with Gasteiger partial charge in [-0.1, -0.05) is 30.3 Å². The van der Waals surface area contributed by atoms with Crippen LogP contribution in [-0.2, 0) is 0 Å². The van der Waals surface area contributed by atoms with E-state index >= 15 is 0 Å². The van der Waals surface area contributed by atoms with Gasteiger partial charge >= 0.3 is 0 Å². The molecular weight excluding hydrogens is 266 g/mol. The molecule has 0 bridgehead atoms. The minimum atomic E-state index is 0.225. The lowest BCUT2D eigenvalue weighted by atomic mass is 10.0. The molecule has 0 saturated heterocycles. The van der Waals surface area contributed by atoms with Gasteiger partial charge in [-0.25, -0.2) is 0 Å². The quantitative estimate of drug-likeness (QED) is 0.883. The predicted octanol–water partition coefficient (Wildman–Crippen LogP) is 4.28. The average Bonchev–Trinajstić information content (AvgIpc) is 2.47. The van der Waals surface area contributed by atoms with Gasteiger partial charge in [-0.2, -0.15) is 0 Å². The maximum atomic E-state index is 9.59. The van der Waals surface area contributed by atoms with Gasteiger partial charge in [-0.05, 0) is 48.4 Å². The first kappa shape index (κ1) is 13.5. The summed E-state index contributed by atoms with van der Waals surface area (Å²) in [6.45, 7) is 2.15. The van der Waals surface area contributed by atoms with E-state index in [4.69, 9.17) is 0 Å². The Kier molecular flexibility index (Phi) is 3.99. The van der Waals surface area contributed by atoms with Gasteiger partial charge < -0.3 is 10.4 Å². The third-order valence-electron chi connectivity index (χ3n) is 3.78. The molecular formula is C17H19NOS. The maximum Gasteiger partial charge on any atom is 0.115 e. The first-order valence-corrected chi connectivity index (χ1v) is 7.99. The van der Waals surface area contributed by atoms with Gasteiger partial charge in [-0.3, -0.25) is 0 Å². The van der Waals surface area contributed by atoms with Gasteiger partial charge in [0.05, 0.1) is 0 Å². The van der Waals surface area contributed by atoms with Crippen molar-refractivity contribution in [2.75, 3.05) is 5.75 Å². The normalized spacial score (nSPS) is 19.4. The van der Waals surface area contributed by atoms with Crippen LogP contribution in [0, 0.1) is 0 Å². The van der Waals surface area contributed by atoms with Crippen LogP contribution < -0.4 is 5.32 Å². The SMILES string of the molecule is CC(NC1CCSc2ccccc21)c1cccc(O)c1. The van der Waals surface area contributed by atoms with E-state index in [2.05, 4.69) is 42.6 Å². The number of aromatic hydroxyl groups is 1. The van der Waals surface area contributed by atoms with Crippen molar-refractivity contribution in [2.45, 2.75) is 30.3 Å². The third kappa shape index (κ3) is 2.84. The molecule has 0 saturated carbocycles. The highest BCUT2D eigenvalue weighted by atomic mass is 32.2. The lowest BCUT2D eigenvalue weighted by molar-refractivity contribution is 0.444. The number of nitrogens with one attached hydrogen (secondary N) is 1. The van der Waals surface area contributed by atoms with E-state index in [0.717, 1.165) is 17.7 Å². The Morgan fingerprint density at radius 2 is 2.05 bits per heavy atom. The van der Waals surface area contributed by atoms with Crippen LogP contribution in [0.4, 0.5) is 0 Å². The van der Waals surface area contributed by atoms with Crippen molar-refractivity contribution in [3.05, 3.63) is 59.7 Å². The van der Waals surface area contributed by atoms with E-state index in [1.165, 1.54) is 10.5 Å². The second-order valence-corrected chi connectivity index (χ2v) is 6.35. The van der Waals surface area contributed by atoms with Crippen molar-refractivity contribution in [2.24, 2.45) is 0 Å². The van der Waals surface area contributed by atoms with Crippen molar-refractivity contribution in [1.82, 2.24) is 5.32 Å². The monoisotopic (exact) mass is 285 g/mol. The summed E-state index contributed by atoms with van der Waals surface area (Å²) in [5.41, 5.74) is 2.52. The molecule has 1 aliphatic rings. The molecule has 2 aromatic rings. The van der Waals surface area contributed by atoms with E-state index in [-0.39, 0.29) is 6.04 Å². The lowest BCUT2D eigenvalue weighted by Crippen LogP contribution is -2.27. The number of hydrogen-bond donors (Lipinski definition) is 2. The zero-order valence-corrected chi connectivity index (χ0v) is 12.4. The molecule has 104 valence electrons. The summed E-state index contributed by atoms with van der Waals surface area (Å²) in [4.78, 5) is 1.39. The third-order valence-corrected chi connectivity index (χ3v) is 4.90. The molecule has 20 heavy (non-hydrogen) atoms. The first-order valence-electron chi connectivity index (χ1n) is 7.01. The van der Waals surface area contributed by atoms with Crippen molar-refractivity contribution < 1.29 is 5.11 Å². The van der Waals surface area contributed by atoms with Crippen LogP contribution in [0.3, 0.4) is 0 Å². The Hall–Kier alpha value is -1.45. The highest BCUT2D eigenvalue weighted by Crippen LogP contribution is 2.37. The number of phenols is 1. The molecule has 2 N–H and O–H groups in total. The number of fused-ring (bicyclic) bond motifs is 1. The predicted molar refractivity (Wildman–Crippen MR) is 84.2 cm³/mol. The maximum absolute atomic E-state index is 9.59. The zero-order valence-electron chi connectivity index (χ0n) is 11.5. The summed E-state index contributed by atoms with van der Waals surface area (Å²) in [7, 11) is 0. The van der Waals surface area contributed by atoms with Crippen LogP contribution in [0.1, 0.15) is 36.6 Å². The fourth-order valence-corrected chi connectivity index (χ4v) is 3.83. The molecule has 3 heteroatoms. The fourth-order valence-electron chi connectivity index (χ4n) is 2.71. The van der Waals surface area contributed by atoms with Gasteiger partial charge in [0, 0.05) is 17.0 Å². The minimum absolute atomic E-state index is 0.225. The molecule has 0 amide bonds. The van der Waals surface area contributed by atoms with Gasteiger partial charge in [0.2, 0.25) is 0 Å². The van der Waals surface area contributed by atoms with Crippen molar-refractivity contribution in [3.8, 4) is 5.75 Å². The Labute approximate surface area is 124 Å². The molecule has 3 rings (SSSR count). The van der Waals surface area contributed by atoms with Crippen molar-refractivity contribution in [1.29, 1.82) is 0 Å². The van der Waals surface area contributed by atoms with Crippen molar-refractivity contribution in [3.63, 3.8) is 0 Å². The van der Waals surface area contributed by atoms with E-state index in [1.807, 2.05) is 23.9 Å². The van der Waals surface area contributed by atoms with Crippen LogP contribution in [-0.4, -0.2) is 10.9 Å². The van der Waals surface area contributed by atoms with Crippen LogP contribution in [0.2, 0.25) is 0 Å². The van der Waals surface area contributed by atoms with Crippen molar-refractivity contribution >= 4 is 11.8 Å². The van der Waals surface area contributed by atoms with E-state index in [1.54, 1.807) is 6.07 Å². The second kappa shape index (κ2) is 5.90. The van der Waals surface area contributed by atoms with Crippen LogP contribution >= 0.6 is 11.8 Å². The summed E-state index contributed by atoms with van der Waals surface area (Å²) in [6.07, 6.45) is 1.14. The van der Waals surface area contributed by atoms with Gasteiger partial charge in [-0.15, -0.1) is 11.8 Å². The second-order valence-electron chi connectivity index (χ2n) is 5.21. The summed E-state index contributed by atoms with van der Waals surface area (Å²) in [5.74, 6) is 1.48. The molecule has 0 radical (unpaired) electrons. The average molecular weight is 285 g/mol. The molecule has 2 nitrogen and oxygen atoms in total. The molecule has 2 unspecified atom stereocenters. The van der Waals surface area contributed by atoms with E-state index < -0.39 is 0 Å². The summed E-state index contributed by atoms with van der Waals surface area (Å²) < 4.78 is 0. The summed E-state index contributed by atoms with van der Waals surface area (Å²) >= 11 is 1.94. The molecule has 2 aromatic carbocycles. The van der Waals surface area contributed by atoms with Gasteiger partial charge in [0.15, 0.2) is 0 Å². The summed E-state index contributed by atoms with van der Waals surface area (Å²) in [5, 5.41) is 13.3. The highest BCUT2D eigenvalue weighted by Gasteiger charge is 2.21. The minimum Gasteiger partial charge on any atom is -0.508 e. The zero-order chi connectivity index (χ0) is 13.9.